The molecule has 1 aromatic heterocycles. The summed E-state index contributed by atoms with van der Waals surface area (Å²) in [5, 5.41) is 0. The molecule has 1 aliphatic rings. The monoisotopic (exact) mass is 598 g/mol. The summed E-state index contributed by atoms with van der Waals surface area (Å²) < 4.78 is 27.8. The van der Waals surface area contributed by atoms with Crippen LogP contribution >= 0.6 is 11.3 Å². The topological polar surface area (TPSA) is 69.9 Å². The quantitative estimate of drug-likeness (QED) is 0.198. The summed E-state index contributed by atoms with van der Waals surface area (Å²) in [6.45, 7) is 8.32. The lowest BCUT2D eigenvalue weighted by molar-refractivity contribution is -0.139. The van der Waals surface area contributed by atoms with E-state index < -0.39 is 12.0 Å². The molecule has 3 aromatic carbocycles. The van der Waals surface area contributed by atoms with Gasteiger partial charge in [0.05, 0.1) is 28.5 Å². The average molecular weight is 599 g/mol. The Kier molecular flexibility index (Phi) is 9.36. The molecule has 0 radical (unpaired) electrons. The van der Waals surface area contributed by atoms with Gasteiger partial charge >= 0.3 is 5.97 Å². The first kappa shape index (κ1) is 30.2. The molecule has 2 heterocycles. The highest BCUT2D eigenvalue weighted by atomic mass is 32.1. The molecule has 0 aliphatic carbocycles. The second kappa shape index (κ2) is 13.3. The number of hydrogen-bond donors (Lipinski definition) is 0. The number of esters is 1. The largest absolute Gasteiger partial charge is 0.488 e. The lowest BCUT2D eigenvalue weighted by Gasteiger charge is -2.26. The van der Waals surface area contributed by atoms with Gasteiger partial charge in [0.1, 0.15) is 18.2 Å². The van der Waals surface area contributed by atoms with Crippen molar-refractivity contribution in [1.82, 2.24) is 4.57 Å². The highest BCUT2D eigenvalue weighted by Gasteiger charge is 2.34. The molecule has 0 spiro atoms. The number of aromatic nitrogens is 1. The molecule has 1 aliphatic heterocycles. The van der Waals surface area contributed by atoms with E-state index in [9.17, 15) is 14.0 Å². The van der Waals surface area contributed by atoms with Gasteiger partial charge in [-0.1, -0.05) is 99.2 Å². The Balaban J connectivity index is 1.64. The number of fused-ring (bicyclic) bond motifs is 1. The predicted molar refractivity (Wildman–Crippen MR) is 167 cm³/mol. The fraction of sp³-hybridized carbons (Fsp3) is 0.286. The Morgan fingerprint density at radius 2 is 1.77 bits per heavy atom. The van der Waals surface area contributed by atoms with Crippen molar-refractivity contribution in [1.29, 1.82) is 0 Å². The molecule has 4 aromatic rings. The molecule has 6 nitrogen and oxygen atoms in total. The van der Waals surface area contributed by atoms with Crippen molar-refractivity contribution in [3.63, 3.8) is 0 Å². The summed E-state index contributed by atoms with van der Waals surface area (Å²) in [5.41, 5.74) is 3.88. The highest BCUT2D eigenvalue weighted by molar-refractivity contribution is 7.07. The van der Waals surface area contributed by atoms with E-state index in [-0.39, 0.29) is 24.6 Å². The molecule has 0 saturated heterocycles. The molecule has 8 heteroatoms. The molecular weight excluding hydrogens is 563 g/mol. The van der Waals surface area contributed by atoms with Crippen LogP contribution in [0.15, 0.2) is 93.9 Å². The maximum Gasteiger partial charge on any atom is 0.338 e. The lowest BCUT2D eigenvalue weighted by Crippen LogP contribution is -2.40. The zero-order chi connectivity index (χ0) is 30.5. The molecule has 43 heavy (non-hydrogen) atoms. The Hall–Kier alpha value is -4.30. The molecule has 0 N–H and O–H groups in total. The molecule has 0 unspecified atom stereocenters. The maximum absolute atomic E-state index is 14.2. The second-order valence-corrected chi connectivity index (χ2v) is 11.7. The van der Waals surface area contributed by atoms with Crippen LogP contribution in [0.4, 0.5) is 4.39 Å². The van der Waals surface area contributed by atoms with Crippen molar-refractivity contribution in [3.05, 3.63) is 132 Å². The number of carbonyl (C=O) groups excluding carboxylic acids is 1. The van der Waals surface area contributed by atoms with Gasteiger partial charge in [-0.05, 0) is 48.6 Å². The van der Waals surface area contributed by atoms with Gasteiger partial charge in [-0.3, -0.25) is 9.36 Å². The summed E-state index contributed by atoms with van der Waals surface area (Å²) in [7, 11) is 0. The van der Waals surface area contributed by atoms with Crippen molar-refractivity contribution in [2.75, 3.05) is 6.61 Å². The first-order valence-corrected chi connectivity index (χ1v) is 15.4. The first-order valence-electron chi connectivity index (χ1n) is 14.6. The van der Waals surface area contributed by atoms with Crippen LogP contribution in [0.2, 0.25) is 0 Å². The minimum absolute atomic E-state index is 0.0500. The Labute approximate surface area is 254 Å². The van der Waals surface area contributed by atoms with Gasteiger partial charge in [0, 0.05) is 11.1 Å². The number of halogens is 1. The van der Waals surface area contributed by atoms with E-state index in [1.54, 1.807) is 41.8 Å². The number of allylic oxidation sites excluding steroid dienone is 1. The highest BCUT2D eigenvalue weighted by Crippen LogP contribution is 2.33. The fourth-order valence-electron chi connectivity index (χ4n) is 5.14. The summed E-state index contributed by atoms with van der Waals surface area (Å²) in [5.74, 6) is 0.0625. The zero-order valence-electron chi connectivity index (χ0n) is 24.8. The van der Waals surface area contributed by atoms with Crippen LogP contribution < -0.4 is 19.6 Å². The number of rotatable bonds is 10. The number of benzene rings is 3. The molecule has 1 atom stereocenters. The van der Waals surface area contributed by atoms with E-state index in [0.29, 0.717) is 49.8 Å². The van der Waals surface area contributed by atoms with Crippen molar-refractivity contribution in [2.24, 2.45) is 4.99 Å². The third-order valence-corrected chi connectivity index (χ3v) is 8.34. The third kappa shape index (κ3) is 6.39. The first-order chi connectivity index (χ1) is 20.8. The van der Waals surface area contributed by atoms with Crippen LogP contribution in [0.5, 0.6) is 5.75 Å². The zero-order valence-corrected chi connectivity index (χ0v) is 25.6. The van der Waals surface area contributed by atoms with E-state index in [1.807, 2.05) is 49.4 Å². The Morgan fingerprint density at radius 1 is 1.05 bits per heavy atom. The number of hydrogen-bond acceptors (Lipinski definition) is 6. The Bertz CT molecular complexity index is 1840. The summed E-state index contributed by atoms with van der Waals surface area (Å²) in [6, 6.07) is 21.2. The second-order valence-electron chi connectivity index (χ2n) is 10.7. The smallest absolute Gasteiger partial charge is 0.338 e. The SMILES string of the molecule is CCCC1=C(C(=O)OCC)[C@H](c2ccc(C(C)C)cc2)n2c(s/c(=C\c3ccccc3OCc3ccccc3F)c2=O)=N1. The van der Waals surface area contributed by atoms with E-state index in [1.165, 1.54) is 23.0 Å². The van der Waals surface area contributed by atoms with Crippen molar-refractivity contribution >= 4 is 23.4 Å². The third-order valence-electron chi connectivity index (χ3n) is 7.36. The summed E-state index contributed by atoms with van der Waals surface area (Å²) in [6.07, 6.45) is 3.13. The lowest BCUT2D eigenvalue weighted by atomic mass is 9.92. The summed E-state index contributed by atoms with van der Waals surface area (Å²) in [4.78, 5) is 32.9. The van der Waals surface area contributed by atoms with E-state index in [2.05, 4.69) is 13.8 Å². The normalized spacial score (nSPS) is 14.9. The standard InChI is InChI=1S/C35H35FN2O4S/c1-5-11-28-31(34(40)41-6-2)32(24-18-16-23(17-19-24)22(3)4)38-33(39)30(43-35(38)37-28)20-25-12-8-10-15-29(25)42-21-26-13-7-9-14-27(26)36/h7-10,12-20,22,32H,5-6,11,21H2,1-4H3/b30-20-/t32-/m0/s1. The minimum Gasteiger partial charge on any atom is -0.488 e. The van der Waals surface area contributed by atoms with E-state index >= 15 is 0 Å². The molecule has 5 rings (SSSR count). The number of para-hydroxylation sites is 1. The van der Waals surface area contributed by atoms with Crippen LogP contribution in [0.25, 0.3) is 6.08 Å². The van der Waals surface area contributed by atoms with Crippen LogP contribution in [0, 0.1) is 5.82 Å². The number of thiazole rings is 1. The number of nitrogens with zero attached hydrogens (tertiary/aromatic N) is 2. The molecule has 0 bridgehead atoms. The average Bonchev–Trinajstić information content (AvgIpc) is 3.31. The van der Waals surface area contributed by atoms with Crippen LogP contribution in [-0.4, -0.2) is 17.1 Å². The van der Waals surface area contributed by atoms with Crippen molar-refractivity contribution in [3.8, 4) is 5.75 Å². The van der Waals surface area contributed by atoms with Crippen LogP contribution in [0.3, 0.4) is 0 Å². The van der Waals surface area contributed by atoms with Gasteiger partial charge in [0.15, 0.2) is 4.80 Å². The van der Waals surface area contributed by atoms with Gasteiger partial charge in [-0.25, -0.2) is 14.2 Å². The Morgan fingerprint density at radius 3 is 2.47 bits per heavy atom. The predicted octanol–water partition coefficient (Wildman–Crippen LogP) is 6.42. The van der Waals surface area contributed by atoms with Gasteiger partial charge < -0.3 is 9.47 Å². The van der Waals surface area contributed by atoms with E-state index in [4.69, 9.17) is 14.5 Å². The molecule has 0 saturated carbocycles. The van der Waals surface area contributed by atoms with Crippen LogP contribution in [0.1, 0.15) is 74.8 Å². The number of ether oxygens (including phenoxy) is 2. The van der Waals surface area contributed by atoms with Gasteiger partial charge in [-0.15, -0.1) is 0 Å². The minimum atomic E-state index is -0.673. The molecule has 0 fully saturated rings. The van der Waals surface area contributed by atoms with Crippen molar-refractivity contribution in [2.45, 2.75) is 59.1 Å². The van der Waals surface area contributed by atoms with Gasteiger partial charge in [-0.2, -0.15) is 0 Å². The molecule has 0 amide bonds. The van der Waals surface area contributed by atoms with Gasteiger partial charge in [0.2, 0.25) is 0 Å². The van der Waals surface area contributed by atoms with E-state index in [0.717, 1.165) is 12.0 Å². The fourth-order valence-corrected chi connectivity index (χ4v) is 6.15. The van der Waals surface area contributed by atoms with Crippen LogP contribution in [-0.2, 0) is 16.1 Å². The van der Waals surface area contributed by atoms with Gasteiger partial charge in [0.25, 0.3) is 5.56 Å². The maximum atomic E-state index is 14.2. The summed E-state index contributed by atoms with van der Waals surface area (Å²) >= 11 is 1.27. The molecular formula is C35H35FN2O4S. The van der Waals surface area contributed by atoms with Crippen molar-refractivity contribution < 1.29 is 18.7 Å². The molecule has 222 valence electrons. The number of carbonyl (C=O) groups is 1.